The highest BCUT2D eigenvalue weighted by molar-refractivity contribution is 5.87. The Hall–Kier alpha value is -3.22. The minimum Gasteiger partial charge on any atom is -0.355 e. The summed E-state index contributed by atoms with van der Waals surface area (Å²) in [7, 11) is 0. The van der Waals surface area contributed by atoms with Gasteiger partial charge < -0.3 is 4.98 Å². The molecule has 0 atom stereocenters. The van der Waals surface area contributed by atoms with Crippen LogP contribution < -0.4 is 0 Å². The van der Waals surface area contributed by atoms with Gasteiger partial charge in [-0.2, -0.15) is 0 Å². The first-order chi connectivity index (χ1) is 10.0. The zero-order valence-corrected chi connectivity index (χ0v) is 10.6. The van der Waals surface area contributed by atoms with Crippen LogP contribution in [0.25, 0.3) is 22.2 Å². The molecular weight excluding hydrogens is 274 g/mol. The standard InChI is InChI=1S/C14H9N3O4/c18-16(19)11-3-1-9(2-4-11)14-8-10-7-12(17(20)21)5-6-13(10)15-14/h1-8,15H. The highest BCUT2D eigenvalue weighted by Gasteiger charge is 2.10. The molecule has 1 heterocycles. The quantitative estimate of drug-likeness (QED) is 0.585. The highest BCUT2D eigenvalue weighted by atomic mass is 16.6. The second-order valence-electron chi connectivity index (χ2n) is 4.52. The van der Waals surface area contributed by atoms with Crippen molar-refractivity contribution in [1.29, 1.82) is 0 Å². The van der Waals surface area contributed by atoms with Gasteiger partial charge in [-0.1, -0.05) is 0 Å². The fourth-order valence-corrected chi connectivity index (χ4v) is 2.15. The van der Waals surface area contributed by atoms with Crippen LogP contribution in [0.3, 0.4) is 0 Å². The van der Waals surface area contributed by atoms with Crippen LogP contribution in [0.1, 0.15) is 0 Å². The number of rotatable bonds is 3. The van der Waals surface area contributed by atoms with E-state index in [1.165, 1.54) is 24.3 Å². The average molecular weight is 283 g/mol. The number of nitrogens with one attached hydrogen (secondary N) is 1. The summed E-state index contributed by atoms with van der Waals surface area (Å²) >= 11 is 0. The molecule has 1 N–H and O–H groups in total. The molecule has 0 unspecified atom stereocenters. The zero-order chi connectivity index (χ0) is 15.0. The summed E-state index contributed by atoms with van der Waals surface area (Å²) in [5, 5.41) is 22.1. The molecule has 0 amide bonds. The van der Waals surface area contributed by atoms with E-state index in [0.29, 0.717) is 0 Å². The molecule has 3 aromatic rings. The van der Waals surface area contributed by atoms with Crippen LogP contribution in [0.2, 0.25) is 0 Å². The Kier molecular flexibility index (Phi) is 2.87. The van der Waals surface area contributed by atoms with E-state index in [1.807, 2.05) is 0 Å². The van der Waals surface area contributed by atoms with Crippen molar-refractivity contribution >= 4 is 22.3 Å². The molecule has 0 fully saturated rings. The van der Waals surface area contributed by atoms with Gasteiger partial charge in [-0.25, -0.2) is 0 Å². The van der Waals surface area contributed by atoms with Crippen LogP contribution in [-0.2, 0) is 0 Å². The van der Waals surface area contributed by atoms with E-state index in [4.69, 9.17) is 0 Å². The van der Waals surface area contributed by atoms with E-state index in [0.717, 1.165) is 22.2 Å². The summed E-state index contributed by atoms with van der Waals surface area (Å²) in [5.74, 6) is 0. The first kappa shape index (κ1) is 12.8. The van der Waals surface area contributed by atoms with Gasteiger partial charge in [-0.05, 0) is 29.8 Å². The summed E-state index contributed by atoms with van der Waals surface area (Å²) < 4.78 is 0. The van der Waals surface area contributed by atoms with Crippen LogP contribution in [-0.4, -0.2) is 14.8 Å². The van der Waals surface area contributed by atoms with E-state index in [9.17, 15) is 20.2 Å². The van der Waals surface area contributed by atoms with Gasteiger partial charge in [-0.15, -0.1) is 0 Å². The van der Waals surface area contributed by atoms with Gasteiger partial charge in [0.25, 0.3) is 11.4 Å². The van der Waals surface area contributed by atoms with Crippen molar-refractivity contribution in [3.8, 4) is 11.3 Å². The Bertz CT molecular complexity index is 852. The van der Waals surface area contributed by atoms with Crippen molar-refractivity contribution in [2.45, 2.75) is 0 Å². The minimum atomic E-state index is -0.460. The first-order valence-electron chi connectivity index (χ1n) is 6.06. The molecule has 1 aromatic heterocycles. The molecule has 0 aliphatic heterocycles. The van der Waals surface area contributed by atoms with Crippen LogP contribution >= 0.6 is 0 Å². The first-order valence-corrected chi connectivity index (χ1v) is 6.06. The highest BCUT2D eigenvalue weighted by Crippen LogP contribution is 2.28. The van der Waals surface area contributed by atoms with Crippen molar-refractivity contribution in [2.75, 3.05) is 0 Å². The molecular formula is C14H9N3O4. The van der Waals surface area contributed by atoms with Gasteiger partial charge in [-0.3, -0.25) is 20.2 Å². The lowest BCUT2D eigenvalue weighted by atomic mass is 10.1. The average Bonchev–Trinajstić information content (AvgIpc) is 2.90. The summed E-state index contributed by atoms with van der Waals surface area (Å²) in [6.07, 6.45) is 0. The molecule has 0 aliphatic rings. The zero-order valence-electron chi connectivity index (χ0n) is 10.6. The third-order valence-corrected chi connectivity index (χ3v) is 3.20. The summed E-state index contributed by atoms with van der Waals surface area (Å²) in [6, 6.07) is 12.5. The van der Waals surface area contributed by atoms with E-state index < -0.39 is 9.85 Å². The fraction of sp³-hybridized carbons (Fsp3) is 0. The Balaban J connectivity index is 2.04. The Labute approximate surface area is 118 Å². The number of hydrogen-bond donors (Lipinski definition) is 1. The Morgan fingerprint density at radius 2 is 1.43 bits per heavy atom. The number of fused-ring (bicyclic) bond motifs is 1. The Morgan fingerprint density at radius 3 is 2.05 bits per heavy atom. The van der Waals surface area contributed by atoms with Crippen molar-refractivity contribution in [3.63, 3.8) is 0 Å². The number of hydrogen-bond acceptors (Lipinski definition) is 4. The van der Waals surface area contributed by atoms with Crippen molar-refractivity contribution in [3.05, 3.63) is 68.8 Å². The van der Waals surface area contributed by atoms with Crippen LogP contribution in [0, 0.1) is 20.2 Å². The number of aromatic amines is 1. The largest absolute Gasteiger partial charge is 0.355 e. The summed E-state index contributed by atoms with van der Waals surface area (Å²) in [5.41, 5.74) is 2.34. The third kappa shape index (κ3) is 2.32. The van der Waals surface area contributed by atoms with Gasteiger partial charge in [0.2, 0.25) is 0 Å². The molecule has 2 aromatic carbocycles. The number of nitrogens with zero attached hydrogens (tertiary/aromatic N) is 2. The fourth-order valence-electron chi connectivity index (χ4n) is 2.15. The van der Waals surface area contributed by atoms with Crippen LogP contribution in [0.15, 0.2) is 48.5 Å². The predicted octanol–water partition coefficient (Wildman–Crippen LogP) is 3.65. The molecule has 0 saturated carbocycles. The molecule has 21 heavy (non-hydrogen) atoms. The van der Waals surface area contributed by atoms with Crippen molar-refractivity contribution in [1.82, 2.24) is 4.98 Å². The lowest BCUT2D eigenvalue weighted by Gasteiger charge is -1.97. The van der Waals surface area contributed by atoms with Crippen molar-refractivity contribution < 1.29 is 9.85 Å². The number of H-pyrrole nitrogens is 1. The van der Waals surface area contributed by atoms with E-state index >= 15 is 0 Å². The second-order valence-corrected chi connectivity index (χ2v) is 4.52. The number of non-ortho nitro benzene ring substituents is 2. The molecule has 0 saturated heterocycles. The smallest absolute Gasteiger partial charge is 0.270 e. The second kappa shape index (κ2) is 4.71. The third-order valence-electron chi connectivity index (χ3n) is 3.20. The van der Waals surface area contributed by atoms with Crippen LogP contribution in [0.5, 0.6) is 0 Å². The van der Waals surface area contributed by atoms with Crippen molar-refractivity contribution in [2.24, 2.45) is 0 Å². The molecule has 0 bridgehead atoms. The van der Waals surface area contributed by atoms with E-state index in [-0.39, 0.29) is 11.4 Å². The number of aromatic nitrogens is 1. The maximum atomic E-state index is 10.8. The number of nitro benzene ring substituents is 2. The lowest BCUT2D eigenvalue weighted by molar-refractivity contribution is -0.385. The molecule has 3 rings (SSSR count). The summed E-state index contributed by atoms with van der Waals surface area (Å²) in [6.45, 7) is 0. The molecule has 0 aliphatic carbocycles. The van der Waals surface area contributed by atoms with E-state index in [1.54, 1.807) is 24.3 Å². The Morgan fingerprint density at radius 1 is 0.810 bits per heavy atom. The lowest BCUT2D eigenvalue weighted by Crippen LogP contribution is -1.87. The van der Waals surface area contributed by atoms with Gasteiger partial charge in [0, 0.05) is 40.9 Å². The minimum absolute atomic E-state index is 0.0190. The molecule has 0 radical (unpaired) electrons. The molecule has 104 valence electrons. The van der Waals surface area contributed by atoms with Crippen LogP contribution in [0.4, 0.5) is 11.4 Å². The van der Waals surface area contributed by atoms with Gasteiger partial charge >= 0.3 is 0 Å². The van der Waals surface area contributed by atoms with Gasteiger partial charge in [0.1, 0.15) is 0 Å². The van der Waals surface area contributed by atoms with E-state index in [2.05, 4.69) is 4.98 Å². The normalized spacial score (nSPS) is 10.7. The molecule has 7 nitrogen and oxygen atoms in total. The topological polar surface area (TPSA) is 102 Å². The summed E-state index contributed by atoms with van der Waals surface area (Å²) in [4.78, 5) is 23.6. The maximum Gasteiger partial charge on any atom is 0.270 e. The molecule has 0 spiro atoms. The number of nitro groups is 2. The van der Waals surface area contributed by atoms with Gasteiger partial charge in [0.15, 0.2) is 0 Å². The van der Waals surface area contributed by atoms with Gasteiger partial charge in [0.05, 0.1) is 9.85 Å². The maximum absolute atomic E-state index is 10.8. The monoisotopic (exact) mass is 283 g/mol. The predicted molar refractivity (Wildman–Crippen MR) is 77.0 cm³/mol. The SMILES string of the molecule is O=[N+]([O-])c1ccc(-c2cc3cc([N+](=O)[O-])ccc3[nH]2)cc1. The number of benzene rings is 2. The molecule has 7 heteroatoms.